The first-order valence-electron chi connectivity index (χ1n) is 6.31. The second kappa shape index (κ2) is 5.31. The standard InChI is InChI=1S/C16H18FNO/c1-10(2)12-8-7-11(3)15(9-12)19-14-6-4-5-13(17)16(14)18/h4-10H,18H2,1-3H3. The molecule has 2 N–H and O–H groups in total. The zero-order valence-corrected chi connectivity index (χ0v) is 11.4. The zero-order chi connectivity index (χ0) is 14.0. The number of para-hydroxylation sites is 1. The lowest BCUT2D eigenvalue weighted by molar-refractivity contribution is 0.475. The molecule has 2 rings (SSSR count). The normalized spacial score (nSPS) is 10.8. The minimum absolute atomic E-state index is 0.0388. The topological polar surface area (TPSA) is 35.2 Å². The summed E-state index contributed by atoms with van der Waals surface area (Å²) < 4.78 is 19.1. The van der Waals surface area contributed by atoms with E-state index in [1.165, 1.54) is 11.6 Å². The number of anilines is 1. The Morgan fingerprint density at radius 3 is 2.53 bits per heavy atom. The van der Waals surface area contributed by atoms with Crippen LogP contribution in [0.3, 0.4) is 0 Å². The second-order valence-electron chi connectivity index (χ2n) is 4.93. The van der Waals surface area contributed by atoms with Crippen molar-refractivity contribution in [1.29, 1.82) is 0 Å². The number of halogens is 1. The number of hydrogen-bond acceptors (Lipinski definition) is 2. The molecule has 0 unspecified atom stereocenters. The molecule has 2 aromatic carbocycles. The van der Waals surface area contributed by atoms with Gasteiger partial charge >= 0.3 is 0 Å². The van der Waals surface area contributed by atoms with Crippen LogP contribution in [-0.2, 0) is 0 Å². The van der Waals surface area contributed by atoms with Crippen molar-refractivity contribution in [3.8, 4) is 11.5 Å². The monoisotopic (exact) mass is 259 g/mol. The SMILES string of the molecule is Cc1ccc(C(C)C)cc1Oc1cccc(F)c1N. The summed E-state index contributed by atoms with van der Waals surface area (Å²) in [5, 5.41) is 0. The Morgan fingerprint density at radius 1 is 1.11 bits per heavy atom. The fourth-order valence-electron chi connectivity index (χ4n) is 1.81. The summed E-state index contributed by atoms with van der Waals surface area (Å²) in [5.74, 6) is 1.01. The molecule has 100 valence electrons. The summed E-state index contributed by atoms with van der Waals surface area (Å²) in [6.45, 7) is 6.19. The fraction of sp³-hybridized carbons (Fsp3) is 0.250. The van der Waals surface area contributed by atoms with Crippen LogP contribution in [-0.4, -0.2) is 0 Å². The van der Waals surface area contributed by atoms with Gasteiger partial charge in [-0.2, -0.15) is 0 Å². The molecule has 0 aliphatic heterocycles. The molecule has 0 aliphatic carbocycles. The molecule has 0 atom stereocenters. The summed E-state index contributed by atoms with van der Waals surface area (Å²) in [7, 11) is 0. The molecule has 2 nitrogen and oxygen atoms in total. The minimum atomic E-state index is -0.463. The predicted octanol–water partition coefficient (Wildman–Crippen LogP) is 4.63. The van der Waals surface area contributed by atoms with Crippen LogP contribution in [0, 0.1) is 12.7 Å². The quantitative estimate of drug-likeness (QED) is 0.815. The third-order valence-corrected chi connectivity index (χ3v) is 3.11. The third kappa shape index (κ3) is 2.87. The molecular formula is C16H18FNO. The summed E-state index contributed by atoms with van der Waals surface area (Å²) in [6, 6.07) is 10.6. The van der Waals surface area contributed by atoms with Crippen LogP contribution in [0.25, 0.3) is 0 Å². The number of nitrogen functional groups attached to an aromatic ring is 1. The van der Waals surface area contributed by atoms with E-state index >= 15 is 0 Å². The highest BCUT2D eigenvalue weighted by molar-refractivity contribution is 5.55. The van der Waals surface area contributed by atoms with Crippen LogP contribution in [0.1, 0.15) is 30.9 Å². The highest BCUT2D eigenvalue weighted by Crippen LogP contribution is 2.32. The number of aryl methyl sites for hydroxylation is 1. The second-order valence-corrected chi connectivity index (χ2v) is 4.93. The molecule has 0 aromatic heterocycles. The summed E-state index contributed by atoms with van der Waals surface area (Å²) in [4.78, 5) is 0. The first kappa shape index (κ1) is 13.4. The molecule has 19 heavy (non-hydrogen) atoms. The maximum absolute atomic E-state index is 13.4. The number of hydrogen-bond donors (Lipinski definition) is 1. The molecule has 0 heterocycles. The van der Waals surface area contributed by atoms with Crippen LogP contribution < -0.4 is 10.5 Å². The first-order valence-corrected chi connectivity index (χ1v) is 6.31. The van der Waals surface area contributed by atoms with Crippen molar-refractivity contribution >= 4 is 5.69 Å². The number of rotatable bonds is 3. The van der Waals surface area contributed by atoms with Gasteiger partial charge in [-0.15, -0.1) is 0 Å². The fourth-order valence-corrected chi connectivity index (χ4v) is 1.81. The maximum Gasteiger partial charge on any atom is 0.153 e. The summed E-state index contributed by atoms with van der Waals surface area (Å²) in [6.07, 6.45) is 0. The van der Waals surface area contributed by atoms with E-state index in [0.717, 1.165) is 5.56 Å². The molecular weight excluding hydrogens is 241 g/mol. The van der Waals surface area contributed by atoms with Gasteiger partial charge < -0.3 is 10.5 Å². The van der Waals surface area contributed by atoms with Gasteiger partial charge in [-0.25, -0.2) is 4.39 Å². The zero-order valence-electron chi connectivity index (χ0n) is 11.4. The van der Waals surface area contributed by atoms with Crippen LogP contribution in [0.2, 0.25) is 0 Å². The molecule has 0 aliphatic rings. The molecule has 0 bridgehead atoms. The Balaban J connectivity index is 2.37. The van der Waals surface area contributed by atoms with Gasteiger partial charge in [0.2, 0.25) is 0 Å². The predicted molar refractivity (Wildman–Crippen MR) is 76.2 cm³/mol. The van der Waals surface area contributed by atoms with Crippen molar-refractivity contribution in [3.05, 3.63) is 53.3 Å². The first-order chi connectivity index (χ1) is 8.99. The van der Waals surface area contributed by atoms with E-state index in [1.807, 2.05) is 19.1 Å². The Hall–Kier alpha value is -2.03. The van der Waals surface area contributed by atoms with Gasteiger partial charge in [-0.3, -0.25) is 0 Å². The molecule has 0 fully saturated rings. The molecule has 0 radical (unpaired) electrons. The van der Waals surface area contributed by atoms with Crippen LogP contribution in [0.4, 0.5) is 10.1 Å². The van der Waals surface area contributed by atoms with Gasteiger partial charge in [-0.1, -0.05) is 32.0 Å². The number of nitrogens with two attached hydrogens (primary N) is 1. The van der Waals surface area contributed by atoms with E-state index in [-0.39, 0.29) is 5.69 Å². The molecule has 0 saturated carbocycles. The van der Waals surface area contributed by atoms with E-state index in [2.05, 4.69) is 19.9 Å². The van der Waals surface area contributed by atoms with Gasteiger partial charge in [0, 0.05) is 0 Å². The number of ether oxygens (including phenoxy) is 1. The van der Waals surface area contributed by atoms with Crippen molar-refractivity contribution in [1.82, 2.24) is 0 Å². The van der Waals surface area contributed by atoms with Gasteiger partial charge in [0.25, 0.3) is 0 Å². The lowest BCUT2D eigenvalue weighted by Gasteiger charge is -2.14. The van der Waals surface area contributed by atoms with Crippen LogP contribution in [0.5, 0.6) is 11.5 Å². The lowest BCUT2D eigenvalue weighted by atomic mass is 10.0. The van der Waals surface area contributed by atoms with Crippen molar-refractivity contribution in [3.63, 3.8) is 0 Å². The van der Waals surface area contributed by atoms with Gasteiger partial charge in [0.15, 0.2) is 5.75 Å². The summed E-state index contributed by atoms with van der Waals surface area (Å²) >= 11 is 0. The molecule has 0 amide bonds. The van der Waals surface area contributed by atoms with Crippen molar-refractivity contribution in [2.45, 2.75) is 26.7 Å². The van der Waals surface area contributed by atoms with E-state index in [9.17, 15) is 4.39 Å². The average molecular weight is 259 g/mol. The lowest BCUT2D eigenvalue weighted by Crippen LogP contribution is -1.97. The molecule has 0 spiro atoms. The Kier molecular flexibility index (Phi) is 3.74. The molecule has 0 saturated heterocycles. The van der Waals surface area contributed by atoms with Crippen molar-refractivity contribution < 1.29 is 9.13 Å². The van der Waals surface area contributed by atoms with E-state index in [0.29, 0.717) is 17.4 Å². The van der Waals surface area contributed by atoms with Crippen molar-refractivity contribution in [2.75, 3.05) is 5.73 Å². The van der Waals surface area contributed by atoms with Gasteiger partial charge in [0.05, 0.1) is 0 Å². The number of benzene rings is 2. The van der Waals surface area contributed by atoms with Crippen LogP contribution in [0.15, 0.2) is 36.4 Å². The Bertz CT molecular complexity index is 593. The average Bonchev–Trinajstić information content (AvgIpc) is 2.37. The van der Waals surface area contributed by atoms with E-state index in [4.69, 9.17) is 10.5 Å². The maximum atomic E-state index is 13.4. The van der Waals surface area contributed by atoms with E-state index in [1.54, 1.807) is 12.1 Å². The Morgan fingerprint density at radius 2 is 1.84 bits per heavy atom. The molecule has 2 aromatic rings. The van der Waals surface area contributed by atoms with Crippen molar-refractivity contribution in [2.24, 2.45) is 0 Å². The Labute approximate surface area is 113 Å². The highest BCUT2D eigenvalue weighted by Gasteiger charge is 2.10. The smallest absolute Gasteiger partial charge is 0.153 e. The van der Waals surface area contributed by atoms with E-state index < -0.39 is 5.82 Å². The van der Waals surface area contributed by atoms with Crippen LogP contribution >= 0.6 is 0 Å². The largest absolute Gasteiger partial charge is 0.455 e. The minimum Gasteiger partial charge on any atom is -0.455 e. The molecule has 3 heteroatoms. The van der Waals surface area contributed by atoms with Gasteiger partial charge in [-0.05, 0) is 42.2 Å². The van der Waals surface area contributed by atoms with Gasteiger partial charge in [0.1, 0.15) is 17.3 Å². The third-order valence-electron chi connectivity index (χ3n) is 3.11. The summed E-state index contributed by atoms with van der Waals surface area (Å²) in [5.41, 5.74) is 7.89. The highest BCUT2D eigenvalue weighted by atomic mass is 19.1.